The molecule has 0 saturated heterocycles. The molecule has 0 aromatic rings. The zero-order chi connectivity index (χ0) is 52.9. The largest absolute Gasteiger partial charge is 0.466 e. The van der Waals surface area contributed by atoms with Gasteiger partial charge in [-0.2, -0.15) is 0 Å². The second-order valence-corrected chi connectivity index (χ2v) is 22.8. The third kappa shape index (κ3) is 59.4. The molecule has 0 aliphatic carbocycles. The van der Waals surface area contributed by atoms with Crippen LogP contribution in [-0.4, -0.2) is 47.4 Å². The topological polar surface area (TPSA) is 95.9 Å². The maximum absolute atomic E-state index is 12.5. The minimum absolute atomic E-state index is 0.0114. The van der Waals surface area contributed by atoms with E-state index in [9.17, 15) is 19.8 Å². The Labute approximate surface area is 456 Å². The first-order chi connectivity index (χ1) is 36.0. The summed E-state index contributed by atoms with van der Waals surface area (Å²) in [6, 6.07) is -0.553. The number of aliphatic hydroxyl groups is 2. The number of carbonyl (C=O) groups excluding carboxylic acids is 2. The van der Waals surface area contributed by atoms with E-state index in [4.69, 9.17) is 4.74 Å². The van der Waals surface area contributed by atoms with Gasteiger partial charge in [0.25, 0.3) is 0 Å². The number of amides is 1. The van der Waals surface area contributed by atoms with Gasteiger partial charge in [0.1, 0.15) is 0 Å². The van der Waals surface area contributed by atoms with Crippen molar-refractivity contribution in [2.24, 2.45) is 0 Å². The van der Waals surface area contributed by atoms with Crippen molar-refractivity contribution in [3.05, 3.63) is 24.3 Å². The van der Waals surface area contributed by atoms with Gasteiger partial charge in [0.15, 0.2) is 0 Å². The number of esters is 1. The molecule has 0 bridgehead atoms. The number of allylic oxidation sites excluding steroid dienone is 4. The van der Waals surface area contributed by atoms with E-state index < -0.39 is 12.1 Å². The van der Waals surface area contributed by atoms with Gasteiger partial charge in [0.05, 0.1) is 25.4 Å². The Hall–Kier alpha value is -1.66. The summed E-state index contributed by atoms with van der Waals surface area (Å²) in [5.41, 5.74) is 0. The molecular formula is C67H129NO5. The summed E-state index contributed by atoms with van der Waals surface area (Å²) in [6.07, 6.45) is 77.6. The second-order valence-electron chi connectivity index (χ2n) is 22.8. The fourth-order valence-electron chi connectivity index (χ4n) is 10.4. The average molecular weight is 1030 g/mol. The Morgan fingerprint density at radius 1 is 0.384 bits per heavy atom. The van der Waals surface area contributed by atoms with Gasteiger partial charge < -0.3 is 20.3 Å². The van der Waals surface area contributed by atoms with E-state index in [1.54, 1.807) is 0 Å². The summed E-state index contributed by atoms with van der Waals surface area (Å²) in [7, 11) is 0. The van der Waals surface area contributed by atoms with Crippen LogP contribution < -0.4 is 5.32 Å². The summed E-state index contributed by atoms with van der Waals surface area (Å²) >= 11 is 0. The van der Waals surface area contributed by atoms with Crippen LogP contribution in [0.1, 0.15) is 367 Å². The fraction of sp³-hybridized carbons (Fsp3) is 0.910. The minimum atomic E-state index is -0.675. The molecule has 0 heterocycles. The number of ether oxygens (including phenoxy) is 1. The van der Waals surface area contributed by atoms with Crippen LogP contribution in [0, 0.1) is 0 Å². The van der Waals surface area contributed by atoms with Crippen LogP contribution in [-0.2, 0) is 14.3 Å². The molecule has 0 aliphatic rings. The van der Waals surface area contributed by atoms with Crippen LogP contribution in [0.4, 0.5) is 0 Å². The van der Waals surface area contributed by atoms with Crippen molar-refractivity contribution in [1.29, 1.82) is 0 Å². The zero-order valence-electron chi connectivity index (χ0n) is 49.4. The first-order valence-corrected chi connectivity index (χ1v) is 33.1. The minimum Gasteiger partial charge on any atom is -0.466 e. The Kier molecular flexibility index (Phi) is 61.4. The van der Waals surface area contributed by atoms with E-state index in [0.717, 1.165) is 57.8 Å². The molecule has 73 heavy (non-hydrogen) atoms. The van der Waals surface area contributed by atoms with E-state index in [-0.39, 0.29) is 18.5 Å². The van der Waals surface area contributed by atoms with Gasteiger partial charge >= 0.3 is 5.97 Å². The van der Waals surface area contributed by atoms with Gasteiger partial charge in [0, 0.05) is 12.8 Å². The quantitative estimate of drug-likeness (QED) is 0.0320. The number of hydrogen-bond donors (Lipinski definition) is 3. The lowest BCUT2D eigenvalue weighted by Gasteiger charge is -2.22. The highest BCUT2D eigenvalue weighted by molar-refractivity contribution is 5.76. The predicted molar refractivity (Wildman–Crippen MR) is 320 cm³/mol. The Morgan fingerprint density at radius 2 is 0.685 bits per heavy atom. The van der Waals surface area contributed by atoms with E-state index in [1.807, 2.05) is 0 Å². The van der Waals surface area contributed by atoms with Crippen molar-refractivity contribution in [3.8, 4) is 0 Å². The number of unbranched alkanes of at least 4 members (excludes halogenated alkanes) is 47. The molecule has 0 radical (unpaired) electrons. The van der Waals surface area contributed by atoms with E-state index in [2.05, 4.69) is 43.5 Å². The van der Waals surface area contributed by atoms with Crippen molar-refractivity contribution in [2.45, 2.75) is 379 Å². The molecule has 432 valence electrons. The molecule has 0 fully saturated rings. The Morgan fingerprint density at radius 3 is 1.05 bits per heavy atom. The molecule has 0 aromatic heterocycles. The molecule has 6 nitrogen and oxygen atoms in total. The highest BCUT2D eigenvalue weighted by atomic mass is 16.5. The molecule has 0 aliphatic heterocycles. The molecule has 0 saturated carbocycles. The normalized spacial score (nSPS) is 12.7. The van der Waals surface area contributed by atoms with Crippen LogP contribution >= 0.6 is 0 Å². The van der Waals surface area contributed by atoms with E-state index in [1.165, 1.54) is 276 Å². The summed E-state index contributed by atoms with van der Waals surface area (Å²) in [4.78, 5) is 24.6. The smallest absolute Gasteiger partial charge is 0.305 e. The van der Waals surface area contributed by atoms with Crippen molar-refractivity contribution in [1.82, 2.24) is 5.32 Å². The lowest BCUT2D eigenvalue weighted by Crippen LogP contribution is -2.45. The monoisotopic (exact) mass is 1030 g/mol. The van der Waals surface area contributed by atoms with Crippen molar-refractivity contribution in [3.63, 3.8) is 0 Å². The third-order valence-electron chi connectivity index (χ3n) is 15.5. The summed E-state index contributed by atoms with van der Waals surface area (Å²) in [5.74, 6) is -0.0553. The van der Waals surface area contributed by atoms with Crippen LogP contribution in [0.5, 0.6) is 0 Å². The number of carbonyl (C=O) groups is 2. The number of nitrogens with one attached hydrogen (secondary N) is 1. The van der Waals surface area contributed by atoms with Crippen LogP contribution in [0.25, 0.3) is 0 Å². The highest BCUT2D eigenvalue weighted by Gasteiger charge is 2.20. The lowest BCUT2D eigenvalue weighted by molar-refractivity contribution is -0.143. The number of aliphatic hydroxyl groups excluding tert-OH is 2. The Balaban J connectivity index is 3.43. The molecule has 0 rings (SSSR count). The summed E-state index contributed by atoms with van der Waals surface area (Å²) < 4.78 is 5.49. The molecule has 0 aromatic carbocycles. The second kappa shape index (κ2) is 62.9. The molecular weight excluding hydrogens is 899 g/mol. The van der Waals surface area contributed by atoms with Crippen molar-refractivity contribution >= 4 is 11.9 Å². The summed E-state index contributed by atoms with van der Waals surface area (Å²) in [6.45, 7) is 4.94. The maximum atomic E-state index is 12.5. The third-order valence-corrected chi connectivity index (χ3v) is 15.5. The highest BCUT2D eigenvalue weighted by Crippen LogP contribution is 2.18. The summed E-state index contributed by atoms with van der Waals surface area (Å²) in [5, 5.41) is 23.4. The van der Waals surface area contributed by atoms with Crippen molar-refractivity contribution in [2.75, 3.05) is 13.2 Å². The van der Waals surface area contributed by atoms with Crippen LogP contribution in [0.2, 0.25) is 0 Å². The van der Waals surface area contributed by atoms with Gasteiger partial charge in [-0.25, -0.2) is 0 Å². The Bertz CT molecular complexity index is 1140. The maximum Gasteiger partial charge on any atom is 0.305 e. The van der Waals surface area contributed by atoms with Gasteiger partial charge in [-0.3, -0.25) is 9.59 Å². The standard InChI is InChI=1S/C67H129NO5/c1-3-5-7-9-11-13-15-17-19-21-23-24-25-26-27-28-29-30-32-35-39-43-47-51-55-59-65(70)64(63-69)68-66(71)60-56-52-48-44-40-36-34-38-42-46-50-54-58-62-73-67(72)61-57-53-49-45-41-37-33-31-22-20-18-16-14-12-10-8-6-4-2/h14,16,20,22,64-65,69-70H,3-13,15,17-19,21,23-63H2,1-2H3,(H,68,71)/b16-14-,22-20-. The number of hydrogen-bond acceptors (Lipinski definition) is 5. The molecule has 2 atom stereocenters. The van der Waals surface area contributed by atoms with Gasteiger partial charge in [-0.05, 0) is 57.8 Å². The predicted octanol–water partition coefficient (Wildman–Crippen LogP) is 21.0. The molecule has 6 heteroatoms. The molecule has 2 unspecified atom stereocenters. The SMILES string of the molecule is CCCCCC/C=C\C/C=C\CCCCCCCCCC(=O)OCCCCCCCCCCCCCCCC(=O)NC(CO)C(O)CCCCCCCCCCCCCCCCCCCCCCCCCCC. The molecule has 3 N–H and O–H groups in total. The first kappa shape index (κ1) is 71.3. The number of rotatable bonds is 62. The fourth-order valence-corrected chi connectivity index (χ4v) is 10.4. The van der Waals surface area contributed by atoms with E-state index in [0.29, 0.717) is 25.9 Å². The van der Waals surface area contributed by atoms with Gasteiger partial charge in [-0.1, -0.05) is 321 Å². The van der Waals surface area contributed by atoms with Gasteiger partial charge in [-0.15, -0.1) is 0 Å². The molecule has 0 spiro atoms. The molecule has 1 amide bonds. The van der Waals surface area contributed by atoms with E-state index >= 15 is 0 Å². The first-order valence-electron chi connectivity index (χ1n) is 33.1. The van der Waals surface area contributed by atoms with Gasteiger partial charge in [0.2, 0.25) is 5.91 Å². The van der Waals surface area contributed by atoms with Crippen LogP contribution in [0.3, 0.4) is 0 Å². The average Bonchev–Trinajstić information content (AvgIpc) is 3.39. The zero-order valence-corrected chi connectivity index (χ0v) is 49.4. The van der Waals surface area contributed by atoms with Crippen molar-refractivity contribution < 1.29 is 24.5 Å². The lowest BCUT2D eigenvalue weighted by atomic mass is 10.0. The van der Waals surface area contributed by atoms with Crippen LogP contribution in [0.15, 0.2) is 24.3 Å².